The van der Waals surface area contributed by atoms with Gasteiger partial charge in [-0.05, 0) is 12.1 Å². The fourth-order valence-electron chi connectivity index (χ4n) is 2.88. The largest absolute Gasteiger partial charge is 0.439 e. The number of carbonyl (C=O) groups is 1. The fourth-order valence-corrected chi connectivity index (χ4v) is 2.88. The first kappa shape index (κ1) is 15.2. The Kier molecular flexibility index (Phi) is 3.82. The van der Waals surface area contributed by atoms with Crippen LogP contribution in [0.1, 0.15) is 16.4 Å². The highest BCUT2D eigenvalue weighted by molar-refractivity contribution is 5.98. The number of hydrogen-bond acceptors (Lipinski definition) is 3. The van der Waals surface area contributed by atoms with E-state index in [-0.39, 0.29) is 12.5 Å². The van der Waals surface area contributed by atoms with E-state index in [1.54, 1.807) is 6.20 Å². The topological polar surface area (TPSA) is 60.1 Å². The molecule has 124 valence electrons. The first-order valence-corrected chi connectivity index (χ1v) is 8.05. The van der Waals surface area contributed by atoms with Gasteiger partial charge in [-0.1, -0.05) is 48.5 Å². The normalized spacial score (nSPS) is 10.9. The molecule has 4 aromatic rings. The number of nitrogens with zero attached hydrogens (tertiary/aromatic N) is 2. The summed E-state index contributed by atoms with van der Waals surface area (Å²) in [5.41, 5.74) is 2.59. The van der Waals surface area contributed by atoms with Crippen LogP contribution < -0.4 is 5.32 Å². The molecule has 0 radical (unpaired) electrons. The standard InChI is InChI=1S/C20H17N3O2/c1-23-16-10-6-5-9-15(16)11-17(23)20(24)22-13-19-21-12-18(25-19)14-7-3-2-4-8-14/h2-12H,13H2,1H3,(H,22,24). The van der Waals surface area contributed by atoms with E-state index in [1.807, 2.05) is 72.3 Å². The quantitative estimate of drug-likeness (QED) is 0.619. The predicted octanol–water partition coefficient (Wildman–Crippen LogP) is 3.76. The van der Waals surface area contributed by atoms with Gasteiger partial charge in [0.2, 0.25) is 5.89 Å². The van der Waals surface area contributed by atoms with Gasteiger partial charge in [-0.25, -0.2) is 4.98 Å². The molecular weight excluding hydrogens is 314 g/mol. The van der Waals surface area contributed by atoms with Crippen molar-refractivity contribution in [2.45, 2.75) is 6.54 Å². The van der Waals surface area contributed by atoms with E-state index >= 15 is 0 Å². The van der Waals surface area contributed by atoms with Gasteiger partial charge in [-0.2, -0.15) is 0 Å². The monoisotopic (exact) mass is 331 g/mol. The van der Waals surface area contributed by atoms with Crippen molar-refractivity contribution in [3.8, 4) is 11.3 Å². The molecule has 0 saturated heterocycles. The van der Waals surface area contributed by atoms with Gasteiger partial charge in [0.25, 0.3) is 5.91 Å². The Morgan fingerprint density at radius 1 is 1.12 bits per heavy atom. The van der Waals surface area contributed by atoms with E-state index in [4.69, 9.17) is 4.42 Å². The minimum absolute atomic E-state index is 0.154. The average Bonchev–Trinajstić information content (AvgIpc) is 3.26. The smallest absolute Gasteiger partial charge is 0.268 e. The number of benzene rings is 2. The van der Waals surface area contributed by atoms with Crippen LogP contribution in [0.2, 0.25) is 0 Å². The lowest BCUT2D eigenvalue weighted by Crippen LogP contribution is -2.24. The molecule has 2 heterocycles. The second kappa shape index (κ2) is 6.28. The number of rotatable bonds is 4. The van der Waals surface area contributed by atoms with Crippen LogP contribution in [0.15, 0.2) is 71.3 Å². The van der Waals surface area contributed by atoms with Gasteiger partial charge in [0, 0.05) is 23.5 Å². The van der Waals surface area contributed by atoms with Crippen LogP contribution >= 0.6 is 0 Å². The Labute approximate surface area is 144 Å². The molecule has 0 unspecified atom stereocenters. The zero-order valence-corrected chi connectivity index (χ0v) is 13.8. The van der Waals surface area contributed by atoms with Crippen molar-refractivity contribution < 1.29 is 9.21 Å². The molecule has 5 nitrogen and oxygen atoms in total. The Morgan fingerprint density at radius 3 is 2.68 bits per heavy atom. The molecule has 2 aromatic carbocycles. The van der Waals surface area contributed by atoms with Gasteiger partial charge >= 0.3 is 0 Å². The molecule has 0 atom stereocenters. The van der Waals surface area contributed by atoms with Gasteiger partial charge in [-0.15, -0.1) is 0 Å². The van der Waals surface area contributed by atoms with Crippen molar-refractivity contribution in [1.29, 1.82) is 0 Å². The van der Waals surface area contributed by atoms with Crippen LogP contribution in [0.4, 0.5) is 0 Å². The maximum absolute atomic E-state index is 12.5. The van der Waals surface area contributed by atoms with Gasteiger partial charge in [0.1, 0.15) is 5.69 Å². The number of fused-ring (bicyclic) bond motifs is 1. The van der Waals surface area contributed by atoms with Gasteiger partial charge in [0.15, 0.2) is 5.76 Å². The number of hydrogen-bond donors (Lipinski definition) is 1. The number of para-hydroxylation sites is 1. The molecule has 0 fully saturated rings. The second-order valence-electron chi connectivity index (χ2n) is 5.81. The van der Waals surface area contributed by atoms with Crippen molar-refractivity contribution in [3.63, 3.8) is 0 Å². The molecule has 0 aliphatic rings. The summed E-state index contributed by atoms with van der Waals surface area (Å²) in [6.45, 7) is 0.243. The van der Waals surface area contributed by atoms with Crippen LogP contribution in [0, 0.1) is 0 Å². The SMILES string of the molecule is Cn1c(C(=O)NCc2ncc(-c3ccccc3)o2)cc2ccccc21. The fraction of sp³-hybridized carbons (Fsp3) is 0.100. The van der Waals surface area contributed by atoms with Crippen molar-refractivity contribution in [3.05, 3.63) is 78.4 Å². The summed E-state index contributed by atoms with van der Waals surface area (Å²) in [6, 6.07) is 19.5. The second-order valence-corrected chi connectivity index (χ2v) is 5.81. The zero-order valence-electron chi connectivity index (χ0n) is 13.8. The summed E-state index contributed by atoms with van der Waals surface area (Å²) in [5, 5.41) is 3.91. The van der Waals surface area contributed by atoms with Crippen molar-refractivity contribution >= 4 is 16.8 Å². The molecule has 0 aliphatic carbocycles. The number of carbonyl (C=O) groups excluding carboxylic acids is 1. The average molecular weight is 331 g/mol. The molecule has 0 bridgehead atoms. The lowest BCUT2D eigenvalue weighted by atomic mass is 10.2. The highest BCUT2D eigenvalue weighted by Crippen LogP contribution is 2.20. The molecular formula is C20H17N3O2. The molecule has 2 aromatic heterocycles. The minimum atomic E-state index is -0.154. The van der Waals surface area contributed by atoms with Gasteiger partial charge < -0.3 is 14.3 Å². The molecule has 5 heteroatoms. The highest BCUT2D eigenvalue weighted by Gasteiger charge is 2.14. The third-order valence-corrected chi connectivity index (χ3v) is 4.20. The van der Waals surface area contributed by atoms with Crippen LogP contribution in [0.5, 0.6) is 0 Å². The third kappa shape index (κ3) is 2.92. The maximum Gasteiger partial charge on any atom is 0.268 e. The summed E-state index contributed by atoms with van der Waals surface area (Å²) >= 11 is 0. The summed E-state index contributed by atoms with van der Waals surface area (Å²) in [5.74, 6) is 1.01. The molecule has 0 spiro atoms. The lowest BCUT2D eigenvalue weighted by Gasteiger charge is -2.04. The van der Waals surface area contributed by atoms with E-state index in [9.17, 15) is 4.79 Å². The minimum Gasteiger partial charge on any atom is -0.439 e. The van der Waals surface area contributed by atoms with E-state index in [0.717, 1.165) is 16.5 Å². The van der Waals surface area contributed by atoms with E-state index in [0.29, 0.717) is 17.3 Å². The van der Waals surface area contributed by atoms with E-state index < -0.39 is 0 Å². The summed E-state index contributed by atoms with van der Waals surface area (Å²) in [4.78, 5) is 16.7. The van der Waals surface area contributed by atoms with E-state index in [1.165, 1.54) is 0 Å². The number of aryl methyl sites for hydroxylation is 1. The molecule has 0 aliphatic heterocycles. The number of amides is 1. The van der Waals surface area contributed by atoms with Crippen LogP contribution in [0.3, 0.4) is 0 Å². The molecule has 1 amide bonds. The predicted molar refractivity (Wildman–Crippen MR) is 96.0 cm³/mol. The Bertz CT molecular complexity index is 1030. The van der Waals surface area contributed by atoms with Gasteiger partial charge in [-0.3, -0.25) is 4.79 Å². The highest BCUT2D eigenvalue weighted by atomic mass is 16.4. The zero-order chi connectivity index (χ0) is 17.2. The Balaban J connectivity index is 1.48. The lowest BCUT2D eigenvalue weighted by molar-refractivity contribution is 0.0939. The number of nitrogens with one attached hydrogen (secondary N) is 1. The summed E-state index contributed by atoms with van der Waals surface area (Å²) in [6.07, 6.45) is 1.67. The third-order valence-electron chi connectivity index (χ3n) is 4.20. The maximum atomic E-state index is 12.5. The van der Waals surface area contributed by atoms with Crippen molar-refractivity contribution in [1.82, 2.24) is 14.9 Å². The number of aromatic nitrogens is 2. The molecule has 0 saturated carbocycles. The summed E-state index contributed by atoms with van der Waals surface area (Å²) in [7, 11) is 1.88. The molecule has 25 heavy (non-hydrogen) atoms. The summed E-state index contributed by atoms with van der Waals surface area (Å²) < 4.78 is 7.60. The number of oxazole rings is 1. The first-order valence-electron chi connectivity index (χ1n) is 8.05. The van der Waals surface area contributed by atoms with Crippen LogP contribution in [-0.4, -0.2) is 15.5 Å². The molecule has 1 N–H and O–H groups in total. The Hall–Kier alpha value is -3.34. The Morgan fingerprint density at radius 2 is 1.88 bits per heavy atom. The van der Waals surface area contributed by atoms with Gasteiger partial charge in [0.05, 0.1) is 12.7 Å². The van der Waals surface area contributed by atoms with Crippen LogP contribution in [0.25, 0.3) is 22.2 Å². The first-order chi connectivity index (χ1) is 12.2. The molecule has 4 rings (SSSR count). The van der Waals surface area contributed by atoms with Crippen molar-refractivity contribution in [2.24, 2.45) is 7.05 Å². The van der Waals surface area contributed by atoms with Crippen molar-refractivity contribution in [2.75, 3.05) is 0 Å². The van der Waals surface area contributed by atoms with Crippen LogP contribution in [-0.2, 0) is 13.6 Å². The van der Waals surface area contributed by atoms with E-state index in [2.05, 4.69) is 10.3 Å².